The fraction of sp³-hybridized carbons (Fsp3) is 0.500. The third kappa shape index (κ3) is 3.80. The van der Waals surface area contributed by atoms with Crippen molar-refractivity contribution in [2.75, 3.05) is 15.9 Å². The molecule has 2 heterocycles. The second-order valence-electron chi connectivity index (χ2n) is 7.71. The summed E-state index contributed by atoms with van der Waals surface area (Å²) in [5.74, 6) is -0.199. The summed E-state index contributed by atoms with van der Waals surface area (Å²) in [4.78, 5) is 18.7. The molecule has 150 valence electrons. The van der Waals surface area contributed by atoms with Gasteiger partial charge in [-0.05, 0) is 62.8 Å². The van der Waals surface area contributed by atoms with Gasteiger partial charge in [-0.2, -0.15) is 0 Å². The zero-order valence-corrected chi connectivity index (χ0v) is 17.8. The van der Waals surface area contributed by atoms with Crippen LogP contribution in [0.25, 0.3) is 0 Å². The van der Waals surface area contributed by atoms with E-state index in [1.54, 1.807) is 29.5 Å². The molecule has 4 rings (SSSR count). The Hall–Kier alpha value is -1.93. The van der Waals surface area contributed by atoms with Gasteiger partial charge < -0.3 is 0 Å². The van der Waals surface area contributed by atoms with Crippen molar-refractivity contribution < 1.29 is 13.2 Å². The molecule has 0 spiro atoms. The number of amides is 1. The minimum atomic E-state index is -3.33. The van der Waals surface area contributed by atoms with Gasteiger partial charge in [0, 0.05) is 16.5 Å². The zero-order valence-electron chi connectivity index (χ0n) is 16.2. The maximum absolute atomic E-state index is 12.7. The summed E-state index contributed by atoms with van der Waals surface area (Å²) < 4.78 is 25.5. The Balaban J connectivity index is 1.54. The molecule has 0 fully saturated rings. The van der Waals surface area contributed by atoms with Crippen LogP contribution in [0.2, 0.25) is 0 Å². The minimum Gasteiger partial charge on any atom is -0.298 e. The van der Waals surface area contributed by atoms with Crippen molar-refractivity contribution in [3.05, 3.63) is 39.9 Å². The van der Waals surface area contributed by atoms with Crippen molar-refractivity contribution in [2.24, 2.45) is 0 Å². The number of benzene rings is 1. The fourth-order valence-corrected chi connectivity index (χ4v) is 6.49. The van der Waals surface area contributed by atoms with Crippen molar-refractivity contribution in [2.45, 2.75) is 57.9 Å². The number of nitrogens with zero attached hydrogens (tertiary/aromatic N) is 2. The number of sulfonamides is 1. The van der Waals surface area contributed by atoms with E-state index in [1.807, 2.05) is 6.92 Å². The summed E-state index contributed by atoms with van der Waals surface area (Å²) in [6, 6.07) is 5.08. The van der Waals surface area contributed by atoms with E-state index in [4.69, 9.17) is 0 Å². The first-order chi connectivity index (χ1) is 13.3. The maximum Gasteiger partial charge on any atom is 0.257 e. The lowest BCUT2D eigenvalue weighted by Crippen LogP contribution is -2.34. The second-order valence-corrected chi connectivity index (χ2v) is 10.7. The van der Waals surface area contributed by atoms with E-state index in [0.717, 1.165) is 30.5 Å². The van der Waals surface area contributed by atoms with Gasteiger partial charge in [0.2, 0.25) is 10.0 Å². The number of carbonyl (C=O) groups excluding carboxylic acids is 1. The smallest absolute Gasteiger partial charge is 0.257 e. The van der Waals surface area contributed by atoms with Gasteiger partial charge in [0.15, 0.2) is 5.13 Å². The van der Waals surface area contributed by atoms with E-state index < -0.39 is 10.0 Å². The Bertz CT molecular complexity index is 988. The van der Waals surface area contributed by atoms with Gasteiger partial charge in [0.1, 0.15) is 0 Å². The number of anilines is 2. The second kappa shape index (κ2) is 7.48. The monoisotopic (exact) mass is 419 g/mol. The first-order valence-corrected chi connectivity index (χ1v) is 12.4. The first-order valence-electron chi connectivity index (χ1n) is 9.75. The predicted molar refractivity (Wildman–Crippen MR) is 113 cm³/mol. The van der Waals surface area contributed by atoms with Crippen molar-refractivity contribution in [3.8, 4) is 0 Å². The predicted octanol–water partition coefficient (Wildman–Crippen LogP) is 3.77. The van der Waals surface area contributed by atoms with Crippen molar-refractivity contribution in [3.63, 3.8) is 0 Å². The SMILES string of the molecule is CC1Cc2cc(C(=O)Nc3nc4c(s3)CCCCCC4)ccc2N1S(C)(=O)=O. The Labute approximate surface area is 170 Å². The van der Waals surface area contributed by atoms with Crippen LogP contribution in [0.15, 0.2) is 18.2 Å². The van der Waals surface area contributed by atoms with E-state index in [9.17, 15) is 13.2 Å². The summed E-state index contributed by atoms with van der Waals surface area (Å²) in [7, 11) is -3.33. The van der Waals surface area contributed by atoms with Crippen LogP contribution in [0, 0.1) is 0 Å². The summed E-state index contributed by atoms with van der Waals surface area (Å²) in [6.07, 6.45) is 8.70. The van der Waals surface area contributed by atoms with Crippen LogP contribution in [-0.2, 0) is 29.3 Å². The van der Waals surface area contributed by atoms with Crippen LogP contribution in [0.3, 0.4) is 0 Å². The molecule has 0 saturated carbocycles. The molecular formula is C20H25N3O3S2. The van der Waals surface area contributed by atoms with Crippen LogP contribution in [-0.4, -0.2) is 31.6 Å². The number of fused-ring (bicyclic) bond motifs is 2. The molecule has 1 unspecified atom stereocenters. The highest BCUT2D eigenvalue weighted by atomic mass is 32.2. The molecule has 0 radical (unpaired) electrons. The van der Waals surface area contributed by atoms with Crippen LogP contribution >= 0.6 is 11.3 Å². The molecule has 1 aromatic heterocycles. The number of hydrogen-bond acceptors (Lipinski definition) is 5. The Morgan fingerprint density at radius 1 is 1.21 bits per heavy atom. The Morgan fingerprint density at radius 3 is 2.71 bits per heavy atom. The molecule has 6 nitrogen and oxygen atoms in total. The van der Waals surface area contributed by atoms with Gasteiger partial charge in [-0.25, -0.2) is 13.4 Å². The lowest BCUT2D eigenvalue weighted by atomic mass is 10.0. The largest absolute Gasteiger partial charge is 0.298 e. The number of hydrogen-bond donors (Lipinski definition) is 1. The van der Waals surface area contributed by atoms with Crippen LogP contribution in [0.4, 0.5) is 10.8 Å². The van der Waals surface area contributed by atoms with Gasteiger partial charge in [0.05, 0.1) is 17.6 Å². The highest BCUT2D eigenvalue weighted by Crippen LogP contribution is 2.35. The number of rotatable bonds is 3. The maximum atomic E-state index is 12.7. The van der Waals surface area contributed by atoms with E-state index in [2.05, 4.69) is 10.3 Å². The van der Waals surface area contributed by atoms with Gasteiger partial charge in [-0.3, -0.25) is 14.4 Å². The normalized spacial score (nSPS) is 19.5. The molecule has 1 amide bonds. The molecular weight excluding hydrogens is 394 g/mol. The average Bonchev–Trinajstić information content (AvgIpc) is 3.13. The van der Waals surface area contributed by atoms with E-state index in [0.29, 0.717) is 22.8 Å². The van der Waals surface area contributed by atoms with Gasteiger partial charge >= 0.3 is 0 Å². The van der Waals surface area contributed by atoms with Crippen LogP contribution < -0.4 is 9.62 Å². The molecule has 0 saturated heterocycles. The topological polar surface area (TPSA) is 79.4 Å². The highest BCUT2D eigenvalue weighted by molar-refractivity contribution is 7.92. The van der Waals surface area contributed by atoms with Gasteiger partial charge in [0.25, 0.3) is 5.91 Å². The van der Waals surface area contributed by atoms with Crippen LogP contribution in [0.1, 0.15) is 59.1 Å². The lowest BCUT2D eigenvalue weighted by molar-refractivity contribution is 0.102. The number of nitrogens with one attached hydrogen (secondary N) is 1. The van der Waals surface area contributed by atoms with Gasteiger partial charge in [-0.15, -0.1) is 11.3 Å². The van der Waals surface area contributed by atoms with Crippen molar-refractivity contribution >= 4 is 38.1 Å². The third-order valence-corrected chi connectivity index (χ3v) is 7.76. The summed E-state index contributed by atoms with van der Waals surface area (Å²) in [6.45, 7) is 1.88. The molecule has 1 aliphatic heterocycles. The molecule has 2 aromatic rings. The number of aryl methyl sites for hydroxylation is 2. The van der Waals surface area contributed by atoms with E-state index in [-0.39, 0.29) is 11.9 Å². The fourth-order valence-electron chi connectivity index (χ4n) is 4.18. The number of thiazole rings is 1. The van der Waals surface area contributed by atoms with Crippen molar-refractivity contribution in [1.82, 2.24) is 4.98 Å². The summed E-state index contributed by atoms with van der Waals surface area (Å²) in [5, 5.41) is 3.59. The number of aromatic nitrogens is 1. The lowest BCUT2D eigenvalue weighted by Gasteiger charge is -2.21. The molecule has 2 aliphatic rings. The average molecular weight is 420 g/mol. The molecule has 0 bridgehead atoms. The van der Waals surface area contributed by atoms with Crippen molar-refractivity contribution in [1.29, 1.82) is 0 Å². The molecule has 8 heteroatoms. The zero-order chi connectivity index (χ0) is 19.9. The molecule has 28 heavy (non-hydrogen) atoms. The standard InChI is InChI=1S/C20H25N3O3S2/c1-13-11-15-12-14(9-10-17(15)23(13)28(2,25)26)19(24)22-20-21-16-7-5-3-4-6-8-18(16)27-20/h9-10,12-13H,3-8,11H2,1-2H3,(H,21,22,24). The van der Waals surface area contributed by atoms with Gasteiger partial charge in [-0.1, -0.05) is 12.8 Å². The Morgan fingerprint density at radius 2 is 1.96 bits per heavy atom. The molecule has 1 atom stereocenters. The van der Waals surface area contributed by atoms with E-state index in [1.165, 1.54) is 34.7 Å². The Kier molecular flexibility index (Phi) is 5.18. The first kappa shape index (κ1) is 19.4. The number of carbonyl (C=O) groups is 1. The quantitative estimate of drug-likeness (QED) is 0.821. The highest BCUT2D eigenvalue weighted by Gasteiger charge is 2.32. The van der Waals surface area contributed by atoms with E-state index >= 15 is 0 Å². The molecule has 1 N–H and O–H groups in total. The third-order valence-electron chi connectivity index (χ3n) is 5.42. The summed E-state index contributed by atoms with van der Waals surface area (Å²) >= 11 is 1.58. The minimum absolute atomic E-state index is 0.137. The van der Waals surface area contributed by atoms with Crippen LogP contribution in [0.5, 0.6) is 0 Å². The molecule has 1 aromatic carbocycles. The summed E-state index contributed by atoms with van der Waals surface area (Å²) in [5.41, 5.74) is 3.22. The molecule has 1 aliphatic carbocycles.